The summed E-state index contributed by atoms with van der Waals surface area (Å²) < 4.78 is 0. The van der Waals surface area contributed by atoms with Crippen LogP contribution in [0.3, 0.4) is 0 Å². The molecule has 8 heteroatoms. The summed E-state index contributed by atoms with van der Waals surface area (Å²) >= 11 is 0. The molecule has 1 fully saturated rings. The van der Waals surface area contributed by atoms with Crippen molar-refractivity contribution < 1.29 is 9.72 Å². The van der Waals surface area contributed by atoms with Crippen LogP contribution in [0.1, 0.15) is 18.1 Å². The summed E-state index contributed by atoms with van der Waals surface area (Å²) in [7, 11) is 1.85. The van der Waals surface area contributed by atoms with E-state index in [1.165, 1.54) is 5.56 Å². The van der Waals surface area contributed by atoms with Crippen LogP contribution in [0.4, 0.5) is 11.4 Å². The molecule has 2 heterocycles. The number of aryl methyl sites for hydroxylation is 1. The van der Waals surface area contributed by atoms with E-state index in [0.717, 1.165) is 49.2 Å². The maximum absolute atomic E-state index is 12.8. The Balaban J connectivity index is 1.35. The number of benzene rings is 2. The largest absolute Gasteiger partial charge is 0.368 e. The Kier molecular flexibility index (Phi) is 6.84. The lowest BCUT2D eigenvalue weighted by molar-refractivity contribution is -0.383. The molecule has 1 saturated heterocycles. The third kappa shape index (κ3) is 5.12. The van der Waals surface area contributed by atoms with Gasteiger partial charge in [-0.15, -0.1) is 0 Å². The van der Waals surface area contributed by atoms with E-state index < -0.39 is 0 Å². The van der Waals surface area contributed by atoms with Crippen molar-refractivity contribution in [2.24, 2.45) is 0 Å². The highest BCUT2D eigenvalue weighted by Crippen LogP contribution is 2.33. The quantitative estimate of drug-likeness (QED) is 0.407. The predicted molar refractivity (Wildman–Crippen MR) is 129 cm³/mol. The van der Waals surface area contributed by atoms with Gasteiger partial charge < -0.3 is 9.80 Å². The molecule has 0 aliphatic carbocycles. The number of nitro groups is 1. The minimum absolute atomic E-state index is 0.0680. The standard InChI is InChI=1S/C25H29N5O3/c1-3-19-4-6-20(7-5-19)17-27(2)25(31)18-28-12-14-29(15-13-28)23-8-9-24(30(32)33)22-16-26-11-10-21(22)23/h4-11,16H,3,12-15,17-18H2,1-2H3. The van der Waals surface area contributed by atoms with E-state index in [1.807, 2.05) is 19.2 Å². The van der Waals surface area contributed by atoms with Gasteiger partial charge in [0.15, 0.2) is 0 Å². The Morgan fingerprint density at radius 1 is 1.03 bits per heavy atom. The van der Waals surface area contributed by atoms with Gasteiger partial charge in [0, 0.05) is 69.3 Å². The summed E-state index contributed by atoms with van der Waals surface area (Å²) in [6, 6.07) is 13.6. The molecule has 0 N–H and O–H groups in total. The van der Waals surface area contributed by atoms with Crippen LogP contribution in [0.25, 0.3) is 10.8 Å². The first-order chi connectivity index (χ1) is 16.0. The van der Waals surface area contributed by atoms with Crippen LogP contribution in [-0.2, 0) is 17.8 Å². The summed E-state index contributed by atoms with van der Waals surface area (Å²) in [5.74, 6) is 0.106. The monoisotopic (exact) mass is 447 g/mol. The summed E-state index contributed by atoms with van der Waals surface area (Å²) in [5.41, 5.74) is 3.46. The Bertz CT molecular complexity index is 1140. The smallest absolute Gasteiger partial charge is 0.278 e. The van der Waals surface area contributed by atoms with Crippen molar-refractivity contribution in [3.8, 4) is 0 Å². The van der Waals surface area contributed by atoms with Crippen LogP contribution in [0.2, 0.25) is 0 Å². The molecule has 33 heavy (non-hydrogen) atoms. The lowest BCUT2D eigenvalue weighted by Gasteiger charge is -2.36. The maximum atomic E-state index is 12.8. The first-order valence-corrected chi connectivity index (χ1v) is 11.3. The highest BCUT2D eigenvalue weighted by molar-refractivity contribution is 5.99. The number of piperazine rings is 1. The molecule has 1 aliphatic rings. The topological polar surface area (TPSA) is 82.8 Å². The van der Waals surface area contributed by atoms with Crippen LogP contribution in [0.15, 0.2) is 54.9 Å². The van der Waals surface area contributed by atoms with E-state index in [2.05, 4.69) is 46.0 Å². The second-order valence-corrected chi connectivity index (χ2v) is 8.47. The molecular formula is C25H29N5O3. The van der Waals surface area contributed by atoms with Gasteiger partial charge in [0.05, 0.1) is 16.9 Å². The number of anilines is 1. The molecule has 0 spiro atoms. The van der Waals surface area contributed by atoms with Crippen LogP contribution >= 0.6 is 0 Å². The fraction of sp³-hybridized carbons (Fsp3) is 0.360. The number of fused-ring (bicyclic) bond motifs is 1. The lowest BCUT2D eigenvalue weighted by atomic mass is 10.1. The van der Waals surface area contributed by atoms with Gasteiger partial charge in [-0.3, -0.25) is 24.8 Å². The molecule has 1 aromatic heterocycles. The molecule has 2 aromatic carbocycles. The van der Waals surface area contributed by atoms with E-state index in [0.29, 0.717) is 18.5 Å². The number of carbonyl (C=O) groups is 1. The molecule has 8 nitrogen and oxygen atoms in total. The molecule has 172 valence electrons. The fourth-order valence-electron chi connectivity index (χ4n) is 4.30. The number of nitro benzene ring substituents is 1. The van der Waals surface area contributed by atoms with Crippen molar-refractivity contribution in [2.45, 2.75) is 19.9 Å². The number of aromatic nitrogens is 1. The molecule has 4 rings (SSSR count). The fourth-order valence-corrected chi connectivity index (χ4v) is 4.30. The van der Waals surface area contributed by atoms with E-state index in [1.54, 1.807) is 23.4 Å². The van der Waals surface area contributed by atoms with Crippen LogP contribution < -0.4 is 4.90 Å². The lowest BCUT2D eigenvalue weighted by Crippen LogP contribution is -2.49. The Morgan fingerprint density at radius 2 is 1.73 bits per heavy atom. The van der Waals surface area contributed by atoms with Crippen molar-refractivity contribution in [1.82, 2.24) is 14.8 Å². The molecule has 3 aromatic rings. The van der Waals surface area contributed by atoms with E-state index >= 15 is 0 Å². The third-order valence-corrected chi connectivity index (χ3v) is 6.32. The minimum Gasteiger partial charge on any atom is -0.368 e. The summed E-state index contributed by atoms with van der Waals surface area (Å²) in [6.07, 6.45) is 4.22. The number of pyridine rings is 1. The van der Waals surface area contributed by atoms with Gasteiger partial charge in [-0.25, -0.2) is 0 Å². The summed E-state index contributed by atoms with van der Waals surface area (Å²) in [5, 5.41) is 12.7. The van der Waals surface area contributed by atoms with Gasteiger partial charge >= 0.3 is 0 Å². The number of rotatable bonds is 7. The Hall–Kier alpha value is -3.52. The molecule has 1 aliphatic heterocycles. The zero-order chi connectivity index (χ0) is 23.4. The van der Waals surface area contributed by atoms with Crippen molar-refractivity contribution in [2.75, 3.05) is 44.7 Å². The molecular weight excluding hydrogens is 418 g/mol. The number of hydrogen-bond donors (Lipinski definition) is 0. The van der Waals surface area contributed by atoms with Crippen molar-refractivity contribution in [3.05, 3.63) is 76.1 Å². The number of likely N-dealkylation sites (N-methyl/N-ethyl adjacent to an activating group) is 1. The van der Waals surface area contributed by atoms with Gasteiger partial charge in [0.25, 0.3) is 5.69 Å². The minimum atomic E-state index is -0.369. The zero-order valence-electron chi connectivity index (χ0n) is 19.1. The number of amides is 1. The molecule has 1 amide bonds. The van der Waals surface area contributed by atoms with Crippen LogP contribution in [0.5, 0.6) is 0 Å². The van der Waals surface area contributed by atoms with Gasteiger partial charge in [-0.1, -0.05) is 31.2 Å². The number of carbonyl (C=O) groups excluding carboxylic acids is 1. The molecule has 0 bridgehead atoms. The van der Waals surface area contributed by atoms with Crippen molar-refractivity contribution in [3.63, 3.8) is 0 Å². The van der Waals surface area contributed by atoms with E-state index in [9.17, 15) is 14.9 Å². The normalized spacial score (nSPS) is 14.4. The Labute approximate surface area is 193 Å². The van der Waals surface area contributed by atoms with Gasteiger partial charge in [-0.05, 0) is 29.7 Å². The molecule has 0 unspecified atom stereocenters. The number of non-ortho nitro benzene ring substituents is 1. The predicted octanol–water partition coefficient (Wildman–Crippen LogP) is 3.49. The van der Waals surface area contributed by atoms with Gasteiger partial charge in [0.2, 0.25) is 5.91 Å². The highest BCUT2D eigenvalue weighted by atomic mass is 16.6. The number of nitrogens with zero attached hydrogens (tertiary/aromatic N) is 5. The zero-order valence-corrected chi connectivity index (χ0v) is 19.1. The SMILES string of the molecule is CCc1ccc(CN(C)C(=O)CN2CCN(c3ccc([N+](=O)[O-])c4cnccc34)CC2)cc1. The van der Waals surface area contributed by atoms with Gasteiger partial charge in [0.1, 0.15) is 0 Å². The van der Waals surface area contributed by atoms with Crippen molar-refractivity contribution >= 4 is 28.1 Å². The highest BCUT2D eigenvalue weighted by Gasteiger charge is 2.23. The summed E-state index contributed by atoms with van der Waals surface area (Å²) in [6.45, 7) is 6.15. The third-order valence-electron chi connectivity index (χ3n) is 6.32. The van der Waals surface area contributed by atoms with Crippen molar-refractivity contribution in [1.29, 1.82) is 0 Å². The van der Waals surface area contributed by atoms with E-state index in [4.69, 9.17) is 0 Å². The van der Waals surface area contributed by atoms with Crippen LogP contribution in [0, 0.1) is 10.1 Å². The maximum Gasteiger partial charge on any atom is 0.278 e. The first-order valence-electron chi connectivity index (χ1n) is 11.3. The van der Waals surface area contributed by atoms with Gasteiger partial charge in [-0.2, -0.15) is 0 Å². The molecule has 0 radical (unpaired) electrons. The average Bonchev–Trinajstić information content (AvgIpc) is 2.84. The van der Waals surface area contributed by atoms with Crippen LogP contribution in [-0.4, -0.2) is 65.4 Å². The number of hydrogen-bond acceptors (Lipinski definition) is 6. The van der Waals surface area contributed by atoms with E-state index in [-0.39, 0.29) is 16.5 Å². The average molecular weight is 448 g/mol. The first kappa shape index (κ1) is 22.7. The summed E-state index contributed by atoms with van der Waals surface area (Å²) in [4.78, 5) is 34.0. The second kappa shape index (κ2) is 9.95. The Morgan fingerprint density at radius 3 is 2.39 bits per heavy atom. The molecule has 0 atom stereocenters. The molecule has 0 saturated carbocycles. The second-order valence-electron chi connectivity index (χ2n) is 8.47.